The van der Waals surface area contributed by atoms with E-state index in [9.17, 15) is 74.9 Å². The van der Waals surface area contributed by atoms with Gasteiger partial charge in [0, 0.05) is 19.3 Å². The van der Waals surface area contributed by atoms with Gasteiger partial charge in [0.25, 0.3) is 0 Å². The molecular weight excluding hydrogens is 1290 g/mol. The van der Waals surface area contributed by atoms with Gasteiger partial charge >= 0.3 is 25.7 Å². The Kier molecular flexibility index (Phi) is 49.9. The molecule has 2 saturated heterocycles. The molecule has 576 valence electrons. The summed E-state index contributed by atoms with van der Waals surface area (Å²) in [5.41, 5.74) is 0. The number of hydrogen-bond acceptors (Lipinski definition) is 23. The molecule has 11 N–H and O–H groups in total. The first-order valence-corrected chi connectivity index (χ1v) is 39.9. The second-order valence-corrected chi connectivity index (χ2v) is 29.4. The minimum Gasteiger partial charge on any atom is -0.463 e. The molecule has 1 saturated carbocycles. The van der Waals surface area contributed by atoms with Gasteiger partial charge in [-0.15, -0.1) is 0 Å². The van der Waals surface area contributed by atoms with E-state index in [1.165, 1.54) is 135 Å². The Labute approximate surface area is 586 Å². The molecule has 24 nitrogen and oxygen atoms in total. The average Bonchev–Trinajstić information content (AvgIpc) is 0.763. The molecule has 0 bridgehead atoms. The van der Waals surface area contributed by atoms with Gasteiger partial charge in [-0.25, -0.2) is 4.57 Å². The van der Waals surface area contributed by atoms with Crippen molar-refractivity contribution in [3.05, 3.63) is 12.2 Å². The van der Waals surface area contributed by atoms with Gasteiger partial charge in [-0.1, -0.05) is 245 Å². The molecule has 1 aliphatic carbocycles. The predicted octanol–water partition coefficient (Wildman–Crippen LogP) is 10.6. The van der Waals surface area contributed by atoms with Gasteiger partial charge in [-0.3, -0.25) is 23.4 Å². The number of hydrogen-bond donors (Lipinski definition) is 11. The third-order valence-electron chi connectivity index (χ3n) is 19.2. The van der Waals surface area contributed by atoms with Crippen LogP contribution in [-0.2, 0) is 61.2 Å². The van der Waals surface area contributed by atoms with Crippen LogP contribution in [0.4, 0.5) is 0 Å². The zero-order chi connectivity index (χ0) is 71.9. The molecule has 0 aromatic heterocycles. The Bertz CT molecular complexity index is 2090. The van der Waals surface area contributed by atoms with Crippen molar-refractivity contribution in [3.8, 4) is 0 Å². The van der Waals surface area contributed by atoms with Crippen molar-refractivity contribution in [2.24, 2.45) is 5.92 Å². The lowest BCUT2D eigenvalue weighted by molar-refractivity contribution is -0.360. The van der Waals surface area contributed by atoms with Crippen LogP contribution in [0.25, 0.3) is 0 Å². The van der Waals surface area contributed by atoms with E-state index >= 15 is 0 Å². The molecule has 25 heteroatoms. The fraction of sp³-hybridized carbons (Fsp3) is 0.932. The largest absolute Gasteiger partial charge is 0.472 e. The first-order valence-electron chi connectivity index (χ1n) is 38.4. The number of aliphatic hydroxyl groups excluding tert-OH is 10. The molecule has 19 unspecified atom stereocenters. The molecule has 3 fully saturated rings. The van der Waals surface area contributed by atoms with Crippen LogP contribution < -0.4 is 0 Å². The third-order valence-corrected chi connectivity index (χ3v) is 20.2. The van der Waals surface area contributed by atoms with Crippen LogP contribution in [0.3, 0.4) is 0 Å². The van der Waals surface area contributed by atoms with Crippen LogP contribution in [0, 0.1) is 5.92 Å². The summed E-state index contributed by atoms with van der Waals surface area (Å²) < 4.78 is 65.0. The monoisotopic (exact) mass is 1430 g/mol. The topological polar surface area (TPSA) is 374 Å². The van der Waals surface area contributed by atoms with E-state index in [1.807, 2.05) is 0 Å². The number of phosphoric ester groups is 1. The number of unbranched alkanes of at least 4 members (excludes halogenated alkanes) is 32. The number of carbonyl (C=O) groups excluding carboxylic acids is 3. The molecular formula is C73H135O24P. The van der Waals surface area contributed by atoms with Crippen LogP contribution in [0.1, 0.15) is 297 Å². The summed E-state index contributed by atoms with van der Waals surface area (Å²) in [4.78, 5) is 51.0. The first kappa shape index (κ1) is 89.9. The number of aliphatic hydroxyl groups is 10. The van der Waals surface area contributed by atoms with Crippen LogP contribution in [-0.4, -0.2) is 204 Å². The van der Waals surface area contributed by atoms with Crippen molar-refractivity contribution < 1.29 is 117 Å². The normalized spacial score (nSPS) is 28.0. The van der Waals surface area contributed by atoms with Crippen LogP contribution >= 0.6 is 7.82 Å². The summed E-state index contributed by atoms with van der Waals surface area (Å²) in [6.07, 6.45) is 11.4. The predicted molar refractivity (Wildman–Crippen MR) is 370 cm³/mol. The van der Waals surface area contributed by atoms with Gasteiger partial charge in [0.05, 0.1) is 13.2 Å². The SMILES string of the molecule is CCCCCCCC/C=C\CCCCCC(=O)OCC(COP(=O)(O)OC1C(OC2OC(CO)C(O)C(O)C2O)C(O)C(O)C(O)C1OC1OC(COC(=O)CCCCCCCCC(C)CCCCCCCC)C(O)C(O)C1O)OC(=O)CCCCCCCCCCCCCCCC. The zero-order valence-electron chi connectivity index (χ0n) is 60.2. The molecule has 3 rings (SSSR count). The van der Waals surface area contributed by atoms with Crippen molar-refractivity contribution >= 4 is 25.7 Å². The maximum absolute atomic E-state index is 14.3. The number of allylic oxidation sites excluding steroid dienone is 2. The van der Waals surface area contributed by atoms with E-state index in [2.05, 4.69) is 39.8 Å². The Morgan fingerprint density at radius 3 is 1.21 bits per heavy atom. The average molecular weight is 1430 g/mol. The summed E-state index contributed by atoms with van der Waals surface area (Å²) >= 11 is 0. The molecule has 0 aromatic rings. The Morgan fingerprint density at radius 1 is 0.418 bits per heavy atom. The van der Waals surface area contributed by atoms with Crippen molar-refractivity contribution in [1.82, 2.24) is 0 Å². The summed E-state index contributed by atoms with van der Waals surface area (Å²) in [6.45, 7) is 5.75. The molecule has 2 aliphatic heterocycles. The van der Waals surface area contributed by atoms with E-state index in [1.54, 1.807) is 0 Å². The van der Waals surface area contributed by atoms with Gasteiger partial charge in [-0.05, 0) is 50.9 Å². The summed E-state index contributed by atoms with van der Waals surface area (Å²) in [5.74, 6) is -1.30. The van der Waals surface area contributed by atoms with Crippen molar-refractivity contribution in [3.63, 3.8) is 0 Å². The van der Waals surface area contributed by atoms with Crippen molar-refractivity contribution in [2.45, 2.75) is 402 Å². The van der Waals surface area contributed by atoms with Gasteiger partial charge in [0.1, 0.15) is 98.7 Å². The maximum Gasteiger partial charge on any atom is 0.472 e. The van der Waals surface area contributed by atoms with Crippen LogP contribution in [0.5, 0.6) is 0 Å². The van der Waals surface area contributed by atoms with E-state index < -0.39 is 156 Å². The highest BCUT2D eigenvalue weighted by Gasteiger charge is 2.58. The molecule has 2 heterocycles. The number of phosphoric acid groups is 1. The molecule has 0 aromatic carbocycles. The van der Waals surface area contributed by atoms with E-state index in [0.29, 0.717) is 25.2 Å². The molecule has 3 aliphatic rings. The smallest absolute Gasteiger partial charge is 0.463 e. The summed E-state index contributed by atoms with van der Waals surface area (Å²) in [6, 6.07) is 0. The lowest BCUT2D eigenvalue weighted by Gasteiger charge is -2.49. The molecule has 19 atom stereocenters. The standard InChI is InChI=1S/C73H135O24P/c1-5-8-11-14-17-19-21-23-25-27-29-31-38-43-48-59(77)92-54(50-89-57(75)46-41-36-30-28-26-24-22-20-18-15-12-9-6-2)51-91-98(87,88)97-71-69(95-72-67(85)62(80)60(78)55(49-74)93-72)65(83)64(82)66(84)70(71)96-73-68(86)63(81)61(79)56(94-73)52-90-58(76)47-42-37-33-32-35-40-45-53(4)44-39-34-16-13-10-7-3/h24,26,53-56,60-74,78-86H,5-23,25,27-52H2,1-4H3,(H,87,88)/b26-24-. The number of carbonyl (C=O) groups is 3. The van der Waals surface area contributed by atoms with Gasteiger partial charge < -0.3 is 89.1 Å². The van der Waals surface area contributed by atoms with Crippen molar-refractivity contribution in [2.75, 3.05) is 26.4 Å². The number of ether oxygens (including phenoxy) is 7. The maximum atomic E-state index is 14.3. The number of esters is 3. The Hall–Kier alpha value is -2.30. The minimum absolute atomic E-state index is 0.0273. The highest BCUT2D eigenvalue weighted by molar-refractivity contribution is 7.47. The first-order chi connectivity index (χ1) is 47.2. The highest BCUT2D eigenvalue weighted by atomic mass is 31.2. The minimum atomic E-state index is -5.70. The molecule has 98 heavy (non-hydrogen) atoms. The highest BCUT2D eigenvalue weighted by Crippen LogP contribution is 2.49. The van der Waals surface area contributed by atoms with Gasteiger partial charge in [-0.2, -0.15) is 0 Å². The van der Waals surface area contributed by atoms with E-state index in [0.717, 1.165) is 96.3 Å². The third kappa shape index (κ3) is 37.4. The lowest BCUT2D eigenvalue weighted by Crippen LogP contribution is -2.69. The Morgan fingerprint density at radius 2 is 0.776 bits per heavy atom. The van der Waals surface area contributed by atoms with Crippen LogP contribution in [0.2, 0.25) is 0 Å². The summed E-state index contributed by atoms with van der Waals surface area (Å²) in [5, 5.41) is 110. The Balaban J connectivity index is 1.73. The quantitative estimate of drug-likeness (QED) is 0.00886. The number of rotatable bonds is 59. The fourth-order valence-corrected chi connectivity index (χ4v) is 13.8. The lowest BCUT2D eigenvalue weighted by atomic mass is 9.84. The van der Waals surface area contributed by atoms with Crippen LogP contribution in [0.15, 0.2) is 12.2 Å². The van der Waals surface area contributed by atoms with Gasteiger partial charge in [0.2, 0.25) is 0 Å². The summed E-state index contributed by atoms with van der Waals surface area (Å²) in [7, 11) is -5.70. The second-order valence-electron chi connectivity index (χ2n) is 28.0. The second kappa shape index (κ2) is 54.3. The van der Waals surface area contributed by atoms with Crippen molar-refractivity contribution in [1.29, 1.82) is 0 Å². The zero-order valence-corrected chi connectivity index (χ0v) is 61.1. The van der Waals surface area contributed by atoms with E-state index in [-0.39, 0.29) is 19.3 Å². The van der Waals surface area contributed by atoms with Gasteiger partial charge in [0.15, 0.2) is 18.7 Å². The fourth-order valence-electron chi connectivity index (χ4n) is 12.8. The molecule has 0 spiro atoms. The molecule has 0 amide bonds. The van der Waals surface area contributed by atoms with E-state index in [4.69, 9.17) is 42.2 Å². The molecule has 0 radical (unpaired) electrons.